The Labute approximate surface area is 189 Å². The monoisotopic (exact) mass is 472 g/mol. The highest BCUT2D eigenvalue weighted by atomic mass is 32.2. The molecule has 0 atom stereocenters. The number of hydrogen-bond donors (Lipinski definition) is 2. The first-order valence-electron chi connectivity index (χ1n) is 9.56. The summed E-state index contributed by atoms with van der Waals surface area (Å²) in [5.41, 5.74) is 2.27. The van der Waals surface area contributed by atoms with Crippen molar-refractivity contribution in [3.05, 3.63) is 78.1 Å². The molecule has 2 N–H and O–H groups in total. The lowest BCUT2D eigenvalue weighted by Gasteiger charge is -2.21. The van der Waals surface area contributed by atoms with Gasteiger partial charge >= 0.3 is 0 Å². The van der Waals surface area contributed by atoms with Gasteiger partial charge in [-0.25, -0.2) is 23.1 Å². The molecule has 0 aliphatic carbocycles. The van der Waals surface area contributed by atoms with E-state index in [-0.39, 0.29) is 16.8 Å². The zero-order valence-corrected chi connectivity index (χ0v) is 18.8. The lowest BCUT2D eigenvalue weighted by Crippen LogP contribution is -2.15. The molecule has 160 valence electrons. The largest absolute Gasteiger partial charge is 0.322 e. The Balaban J connectivity index is 1.39. The highest BCUT2D eigenvalue weighted by molar-refractivity contribution is 8.16. The van der Waals surface area contributed by atoms with Crippen LogP contribution < -0.4 is 10.0 Å². The molecule has 0 bridgehead atoms. The minimum atomic E-state index is -3.82. The number of aromatic nitrogens is 2. The first-order valence-corrected chi connectivity index (χ1v) is 13.1. The minimum Gasteiger partial charge on any atom is -0.322 e. The molecule has 2 aromatic carbocycles. The van der Waals surface area contributed by atoms with Gasteiger partial charge in [0.2, 0.25) is 5.95 Å². The Kier molecular flexibility index (Phi) is 6.79. The van der Waals surface area contributed by atoms with Crippen LogP contribution in [0.4, 0.5) is 11.6 Å². The Morgan fingerprint density at radius 3 is 2.23 bits per heavy atom. The summed E-state index contributed by atoms with van der Waals surface area (Å²) in [5, 5.41) is 2.80. The molecular formula is C21H20N4O3S3. The summed E-state index contributed by atoms with van der Waals surface area (Å²) in [4.78, 5) is 20.3. The summed E-state index contributed by atoms with van der Waals surface area (Å²) in [6.45, 7) is 0. The average molecular weight is 473 g/mol. The van der Waals surface area contributed by atoms with Crippen molar-refractivity contribution >= 4 is 51.1 Å². The molecule has 0 spiro atoms. The van der Waals surface area contributed by atoms with Gasteiger partial charge in [0.15, 0.2) is 0 Å². The third-order valence-electron chi connectivity index (χ3n) is 4.49. The molecule has 1 aromatic heterocycles. The SMILES string of the molecule is O=C(Nc1ccc(S(=O)(=O)Nc2ncccn2)cc1)c1ccc(C2SCCCS2)cc1. The molecule has 31 heavy (non-hydrogen) atoms. The molecule has 7 nitrogen and oxygen atoms in total. The van der Waals surface area contributed by atoms with Crippen molar-refractivity contribution in [2.75, 3.05) is 21.5 Å². The van der Waals surface area contributed by atoms with Crippen LogP contribution >= 0.6 is 23.5 Å². The second kappa shape index (κ2) is 9.71. The summed E-state index contributed by atoms with van der Waals surface area (Å²) in [7, 11) is -3.82. The summed E-state index contributed by atoms with van der Waals surface area (Å²) < 4.78 is 27.6. The molecule has 0 saturated carbocycles. The number of anilines is 2. The fraction of sp³-hybridized carbons (Fsp3) is 0.190. The third kappa shape index (κ3) is 5.57. The van der Waals surface area contributed by atoms with Gasteiger partial charge in [-0.1, -0.05) is 12.1 Å². The van der Waals surface area contributed by atoms with Crippen molar-refractivity contribution < 1.29 is 13.2 Å². The smallest absolute Gasteiger partial charge is 0.264 e. The van der Waals surface area contributed by atoms with E-state index in [0.717, 1.165) is 0 Å². The van der Waals surface area contributed by atoms with E-state index in [1.807, 2.05) is 47.8 Å². The van der Waals surface area contributed by atoms with E-state index in [9.17, 15) is 13.2 Å². The van der Waals surface area contributed by atoms with E-state index in [4.69, 9.17) is 0 Å². The average Bonchev–Trinajstić information content (AvgIpc) is 2.80. The molecule has 1 fully saturated rings. The number of carbonyl (C=O) groups excluding carboxylic acids is 1. The molecule has 1 saturated heterocycles. The normalized spacial score (nSPS) is 14.7. The van der Waals surface area contributed by atoms with Gasteiger partial charge in [-0.15, -0.1) is 23.5 Å². The van der Waals surface area contributed by atoms with Crippen molar-refractivity contribution in [1.82, 2.24) is 9.97 Å². The number of benzene rings is 2. The van der Waals surface area contributed by atoms with Gasteiger partial charge in [-0.3, -0.25) is 4.79 Å². The first-order chi connectivity index (χ1) is 15.0. The number of sulfonamides is 1. The lowest BCUT2D eigenvalue weighted by atomic mass is 10.1. The van der Waals surface area contributed by atoms with Crippen LogP contribution in [0, 0.1) is 0 Å². The predicted molar refractivity (Wildman–Crippen MR) is 126 cm³/mol. The summed E-state index contributed by atoms with van der Waals surface area (Å²) >= 11 is 3.87. The number of carbonyl (C=O) groups is 1. The molecule has 2 heterocycles. The molecule has 3 aromatic rings. The second-order valence-corrected chi connectivity index (χ2v) is 11.1. The highest BCUT2D eigenvalue weighted by Gasteiger charge is 2.18. The van der Waals surface area contributed by atoms with Crippen LogP contribution in [0.2, 0.25) is 0 Å². The number of hydrogen-bond acceptors (Lipinski definition) is 7. The van der Waals surface area contributed by atoms with Gasteiger partial charge in [-0.05, 0) is 66.0 Å². The maximum Gasteiger partial charge on any atom is 0.264 e. The first kappa shape index (κ1) is 21.7. The quantitative estimate of drug-likeness (QED) is 0.548. The van der Waals surface area contributed by atoms with E-state index in [0.29, 0.717) is 15.8 Å². The molecular weight excluding hydrogens is 452 g/mol. The van der Waals surface area contributed by atoms with Gasteiger partial charge < -0.3 is 5.32 Å². The number of thioether (sulfide) groups is 2. The maximum absolute atomic E-state index is 12.6. The Bertz CT molecular complexity index is 1130. The van der Waals surface area contributed by atoms with Gasteiger partial charge in [0.1, 0.15) is 0 Å². The van der Waals surface area contributed by atoms with E-state index in [2.05, 4.69) is 20.0 Å². The van der Waals surface area contributed by atoms with Crippen molar-refractivity contribution in [2.24, 2.45) is 0 Å². The summed E-state index contributed by atoms with van der Waals surface area (Å²) in [5.74, 6) is 2.08. The third-order valence-corrected chi connectivity index (χ3v) is 8.85. The molecule has 10 heteroatoms. The number of nitrogens with zero attached hydrogens (tertiary/aromatic N) is 2. The maximum atomic E-state index is 12.6. The van der Waals surface area contributed by atoms with Crippen molar-refractivity contribution in [3.8, 4) is 0 Å². The Hall–Kier alpha value is -2.56. The Morgan fingerprint density at radius 2 is 1.58 bits per heavy atom. The van der Waals surface area contributed by atoms with E-state index < -0.39 is 10.0 Å². The lowest BCUT2D eigenvalue weighted by molar-refractivity contribution is 0.102. The highest BCUT2D eigenvalue weighted by Crippen LogP contribution is 2.43. The number of nitrogens with one attached hydrogen (secondary N) is 2. The number of rotatable bonds is 6. The molecule has 4 rings (SSSR count). The fourth-order valence-corrected chi connectivity index (χ4v) is 6.78. The van der Waals surface area contributed by atoms with Crippen LogP contribution in [0.1, 0.15) is 26.9 Å². The van der Waals surface area contributed by atoms with Crippen LogP contribution in [0.3, 0.4) is 0 Å². The topological polar surface area (TPSA) is 101 Å². The van der Waals surface area contributed by atoms with Crippen LogP contribution in [0.15, 0.2) is 71.9 Å². The summed E-state index contributed by atoms with van der Waals surface area (Å²) in [6, 6.07) is 15.2. The van der Waals surface area contributed by atoms with Crippen molar-refractivity contribution in [2.45, 2.75) is 15.9 Å². The molecule has 0 unspecified atom stereocenters. The molecule has 0 radical (unpaired) electrons. The van der Waals surface area contributed by atoms with Crippen molar-refractivity contribution in [1.29, 1.82) is 0 Å². The fourth-order valence-electron chi connectivity index (χ4n) is 2.92. The van der Waals surface area contributed by atoms with Crippen LogP contribution in [0.5, 0.6) is 0 Å². The predicted octanol–water partition coefficient (Wildman–Crippen LogP) is 4.40. The zero-order chi connectivity index (χ0) is 21.7. The minimum absolute atomic E-state index is 0.00615. The standard InChI is InChI=1S/C21H20N4O3S3/c26-19(15-3-5-16(6-4-15)20-29-13-2-14-30-20)24-17-7-9-18(10-8-17)31(27,28)25-21-22-11-1-12-23-21/h1,3-12,20H,2,13-14H2,(H,24,26)(H,22,23,25). The van der Waals surface area contributed by atoms with Crippen LogP contribution in [-0.2, 0) is 10.0 Å². The van der Waals surface area contributed by atoms with Crippen LogP contribution in [0.25, 0.3) is 0 Å². The van der Waals surface area contributed by atoms with E-state index in [1.54, 1.807) is 18.2 Å². The van der Waals surface area contributed by atoms with Gasteiger partial charge in [0, 0.05) is 23.6 Å². The van der Waals surface area contributed by atoms with Gasteiger partial charge in [0.25, 0.3) is 15.9 Å². The second-order valence-electron chi connectivity index (χ2n) is 6.71. The van der Waals surface area contributed by atoms with Crippen molar-refractivity contribution in [3.63, 3.8) is 0 Å². The Morgan fingerprint density at radius 1 is 0.935 bits per heavy atom. The van der Waals surface area contributed by atoms with E-state index >= 15 is 0 Å². The molecule has 1 aliphatic heterocycles. The molecule has 1 aliphatic rings. The van der Waals surface area contributed by atoms with E-state index in [1.165, 1.54) is 48.0 Å². The summed E-state index contributed by atoms with van der Waals surface area (Å²) in [6.07, 6.45) is 4.13. The van der Waals surface area contributed by atoms with Gasteiger partial charge in [-0.2, -0.15) is 0 Å². The van der Waals surface area contributed by atoms with Crippen LogP contribution in [-0.4, -0.2) is 35.8 Å². The number of amides is 1. The molecule has 1 amide bonds. The zero-order valence-electron chi connectivity index (χ0n) is 16.4. The van der Waals surface area contributed by atoms with Gasteiger partial charge in [0.05, 0.1) is 9.48 Å².